The first-order valence-corrected chi connectivity index (χ1v) is 3.18. The summed E-state index contributed by atoms with van der Waals surface area (Å²) in [6, 6.07) is 0. The first-order chi connectivity index (χ1) is 4.22. The molecular weight excluding hydrogens is 112 g/mol. The van der Waals surface area contributed by atoms with Gasteiger partial charge in [0.25, 0.3) is 0 Å². The van der Waals surface area contributed by atoms with Gasteiger partial charge in [-0.1, -0.05) is 13.8 Å². The van der Waals surface area contributed by atoms with Crippen molar-refractivity contribution in [1.82, 2.24) is 0 Å². The van der Waals surface area contributed by atoms with E-state index in [1.807, 2.05) is 0 Å². The summed E-state index contributed by atoms with van der Waals surface area (Å²) < 4.78 is 0. The van der Waals surface area contributed by atoms with Crippen molar-refractivity contribution in [2.24, 2.45) is 11.7 Å². The van der Waals surface area contributed by atoms with Crippen LogP contribution in [0, 0.1) is 11.3 Å². The fourth-order valence-corrected chi connectivity index (χ4v) is 0.496. The zero-order valence-electron chi connectivity index (χ0n) is 6.02. The Labute approximate surface area is 56.3 Å². The van der Waals surface area contributed by atoms with Crippen molar-refractivity contribution in [2.75, 3.05) is 0 Å². The molecule has 0 radical (unpaired) electrons. The van der Waals surface area contributed by atoms with Gasteiger partial charge in [0.2, 0.25) is 0 Å². The molecule has 0 saturated heterocycles. The largest absolute Gasteiger partial charge is 0.402 e. The molecule has 3 N–H and O–H groups in total. The number of nitrogens with one attached hydrogen (secondary N) is 1. The Bertz CT molecular complexity index is 116. The summed E-state index contributed by atoms with van der Waals surface area (Å²) in [4.78, 5) is 0. The Morgan fingerprint density at radius 1 is 1.78 bits per heavy atom. The Hall–Kier alpha value is -0.790. The molecule has 0 bridgehead atoms. The maximum Gasteiger partial charge on any atom is 0.0194 e. The van der Waals surface area contributed by atoms with Crippen LogP contribution in [-0.2, 0) is 0 Å². The molecule has 2 nitrogen and oxygen atoms in total. The summed E-state index contributed by atoms with van der Waals surface area (Å²) in [6.07, 6.45) is 3.89. The Morgan fingerprint density at radius 3 is 2.67 bits per heavy atom. The van der Waals surface area contributed by atoms with Gasteiger partial charge >= 0.3 is 0 Å². The van der Waals surface area contributed by atoms with Gasteiger partial charge in [0.1, 0.15) is 0 Å². The van der Waals surface area contributed by atoms with E-state index < -0.39 is 0 Å². The Morgan fingerprint density at radius 2 is 2.33 bits per heavy atom. The van der Waals surface area contributed by atoms with Gasteiger partial charge in [-0.05, 0) is 18.4 Å². The smallest absolute Gasteiger partial charge is 0.0194 e. The summed E-state index contributed by atoms with van der Waals surface area (Å²) in [5.41, 5.74) is 6.35. The van der Waals surface area contributed by atoms with Gasteiger partial charge in [0, 0.05) is 11.9 Å². The van der Waals surface area contributed by atoms with Crippen molar-refractivity contribution in [2.45, 2.75) is 20.3 Å². The van der Waals surface area contributed by atoms with Gasteiger partial charge in [0.05, 0.1) is 0 Å². The molecule has 0 aliphatic heterocycles. The molecule has 0 spiro atoms. The zero-order chi connectivity index (χ0) is 7.28. The molecule has 2 heteroatoms. The summed E-state index contributed by atoms with van der Waals surface area (Å²) in [6.45, 7) is 4.13. The topological polar surface area (TPSA) is 49.9 Å². The van der Waals surface area contributed by atoms with Gasteiger partial charge in [-0.2, -0.15) is 0 Å². The van der Waals surface area contributed by atoms with E-state index in [0.29, 0.717) is 5.92 Å². The van der Waals surface area contributed by atoms with E-state index in [1.54, 1.807) is 6.08 Å². The van der Waals surface area contributed by atoms with E-state index in [9.17, 15) is 0 Å². The first kappa shape index (κ1) is 8.21. The molecular formula is C7H14N2. The summed E-state index contributed by atoms with van der Waals surface area (Å²) in [5, 5.41) is 6.72. The van der Waals surface area contributed by atoms with E-state index in [1.165, 1.54) is 6.21 Å². The number of nitrogens with two attached hydrogens (primary N) is 1. The fourth-order valence-electron chi connectivity index (χ4n) is 0.496. The molecule has 1 atom stereocenters. The van der Waals surface area contributed by atoms with Crippen LogP contribution >= 0.6 is 0 Å². The second kappa shape index (κ2) is 4.13. The van der Waals surface area contributed by atoms with E-state index in [4.69, 9.17) is 11.1 Å². The van der Waals surface area contributed by atoms with Crippen molar-refractivity contribution >= 4 is 6.21 Å². The van der Waals surface area contributed by atoms with Crippen LogP contribution in [0.5, 0.6) is 0 Å². The maximum atomic E-state index is 6.72. The second-order valence-electron chi connectivity index (χ2n) is 2.14. The molecule has 9 heavy (non-hydrogen) atoms. The van der Waals surface area contributed by atoms with E-state index >= 15 is 0 Å². The number of hydrogen-bond donors (Lipinski definition) is 2. The molecule has 0 aliphatic rings. The van der Waals surface area contributed by atoms with Crippen LogP contribution in [0.2, 0.25) is 0 Å². The van der Waals surface area contributed by atoms with Crippen molar-refractivity contribution in [1.29, 1.82) is 5.41 Å². The molecule has 0 aromatic rings. The van der Waals surface area contributed by atoms with Gasteiger partial charge in [-0.3, -0.25) is 0 Å². The minimum atomic E-state index is 0.409. The van der Waals surface area contributed by atoms with Crippen molar-refractivity contribution < 1.29 is 0 Å². The predicted molar refractivity (Wildman–Crippen MR) is 40.5 cm³/mol. The van der Waals surface area contributed by atoms with Crippen LogP contribution in [0.4, 0.5) is 0 Å². The van der Waals surface area contributed by atoms with E-state index in [0.717, 1.165) is 12.1 Å². The third-order valence-electron chi connectivity index (χ3n) is 1.46. The highest BCUT2D eigenvalue weighted by molar-refractivity contribution is 5.68. The molecule has 0 fully saturated rings. The highest BCUT2D eigenvalue weighted by atomic mass is 14.6. The molecule has 52 valence electrons. The van der Waals surface area contributed by atoms with Crippen LogP contribution in [0.1, 0.15) is 20.3 Å². The average Bonchev–Trinajstić information content (AvgIpc) is 1.87. The molecule has 0 aromatic carbocycles. The lowest BCUT2D eigenvalue weighted by Gasteiger charge is -2.06. The number of rotatable bonds is 3. The maximum absolute atomic E-state index is 6.72. The third-order valence-corrected chi connectivity index (χ3v) is 1.46. The van der Waals surface area contributed by atoms with Crippen LogP contribution in [0.15, 0.2) is 11.8 Å². The monoisotopic (exact) mass is 126 g/mol. The van der Waals surface area contributed by atoms with Gasteiger partial charge in [-0.25, -0.2) is 0 Å². The van der Waals surface area contributed by atoms with Crippen molar-refractivity contribution in [3.8, 4) is 0 Å². The van der Waals surface area contributed by atoms with Gasteiger partial charge in [0.15, 0.2) is 0 Å². The summed E-state index contributed by atoms with van der Waals surface area (Å²) >= 11 is 0. The fraction of sp³-hybridized carbons (Fsp3) is 0.571. The Balaban J connectivity index is 3.84. The number of allylic oxidation sites excluding steroid dienone is 2. The molecule has 0 heterocycles. The van der Waals surface area contributed by atoms with Crippen LogP contribution in [0.25, 0.3) is 0 Å². The molecule has 0 saturated carbocycles. The normalized spacial score (nSPS) is 15.1. The van der Waals surface area contributed by atoms with E-state index in [-0.39, 0.29) is 0 Å². The van der Waals surface area contributed by atoms with Crippen LogP contribution in [0.3, 0.4) is 0 Å². The lowest BCUT2D eigenvalue weighted by molar-refractivity contribution is 0.649. The standard InChI is InChI=1S/C7H14N2/c1-3-6(2)7(9)4-5-8/h4-6,8H,3,9H2,1-2H3. The van der Waals surface area contributed by atoms with Crippen LogP contribution < -0.4 is 5.73 Å². The highest BCUT2D eigenvalue weighted by Gasteiger charge is 1.98. The second-order valence-corrected chi connectivity index (χ2v) is 2.14. The average molecular weight is 126 g/mol. The Kier molecular flexibility index (Phi) is 3.76. The zero-order valence-corrected chi connectivity index (χ0v) is 6.02. The lowest BCUT2D eigenvalue weighted by atomic mass is 10.1. The van der Waals surface area contributed by atoms with Crippen LogP contribution in [-0.4, -0.2) is 6.21 Å². The molecule has 0 aromatic heterocycles. The highest BCUT2D eigenvalue weighted by Crippen LogP contribution is 2.06. The van der Waals surface area contributed by atoms with E-state index in [2.05, 4.69) is 13.8 Å². The molecule has 0 aliphatic carbocycles. The number of hydrogen-bond acceptors (Lipinski definition) is 2. The third kappa shape index (κ3) is 2.90. The minimum absolute atomic E-state index is 0.409. The predicted octanol–water partition coefficient (Wildman–Crippen LogP) is 1.52. The van der Waals surface area contributed by atoms with Gasteiger partial charge in [-0.15, -0.1) is 0 Å². The van der Waals surface area contributed by atoms with Crippen molar-refractivity contribution in [3.05, 3.63) is 11.8 Å². The first-order valence-electron chi connectivity index (χ1n) is 3.18. The summed E-state index contributed by atoms with van der Waals surface area (Å²) in [5.74, 6) is 0.409. The molecule has 0 rings (SSSR count). The minimum Gasteiger partial charge on any atom is -0.402 e. The van der Waals surface area contributed by atoms with Crippen molar-refractivity contribution in [3.63, 3.8) is 0 Å². The van der Waals surface area contributed by atoms with Gasteiger partial charge < -0.3 is 11.1 Å². The molecule has 0 amide bonds. The molecule has 1 unspecified atom stereocenters. The lowest BCUT2D eigenvalue weighted by Crippen LogP contribution is -2.07. The summed E-state index contributed by atoms with van der Waals surface area (Å²) in [7, 11) is 0. The quantitative estimate of drug-likeness (QED) is 0.553. The SMILES string of the molecule is CCC(C)C(N)=CC=N.